The molecule has 1 aliphatic heterocycles. The van der Waals surface area contributed by atoms with E-state index in [2.05, 4.69) is 25.4 Å². The number of hydrogen-bond donors (Lipinski definition) is 2. The SMILES string of the molecule is CC(=O)c1ccc(N2CCN(C(=O)Nc3cccc(-c4n[nH]c(C)n4)c3)CC2)cc1. The van der Waals surface area contributed by atoms with Gasteiger partial charge in [-0.1, -0.05) is 12.1 Å². The molecule has 154 valence electrons. The molecule has 1 aromatic heterocycles. The van der Waals surface area contributed by atoms with E-state index < -0.39 is 0 Å². The Kier molecular flexibility index (Phi) is 5.47. The Morgan fingerprint density at radius 1 is 1.03 bits per heavy atom. The number of Topliss-reactive ketones (excluding diaryl/α,β-unsaturated/α-hetero) is 1. The fraction of sp³-hybridized carbons (Fsp3) is 0.273. The van der Waals surface area contributed by atoms with Crippen molar-refractivity contribution in [1.29, 1.82) is 0 Å². The van der Waals surface area contributed by atoms with Crippen LogP contribution in [0.4, 0.5) is 16.2 Å². The van der Waals surface area contributed by atoms with Crippen LogP contribution in [0.3, 0.4) is 0 Å². The lowest BCUT2D eigenvalue weighted by molar-refractivity contribution is 0.101. The standard InChI is InChI=1S/C22H24N6O2/c1-15(29)17-6-8-20(9-7-17)27-10-12-28(13-11-27)22(30)24-19-5-3-4-18(14-19)21-23-16(2)25-26-21/h3-9,14H,10-13H2,1-2H3,(H,24,30)(H,23,25,26). The number of carbonyl (C=O) groups is 2. The first-order valence-electron chi connectivity index (χ1n) is 9.91. The molecule has 8 heteroatoms. The predicted molar refractivity (Wildman–Crippen MR) is 116 cm³/mol. The van der Waals surface area contributed by atoms with Crippen molar-refractivity contribution >= 4 is 23.2 Å². The average Bonchev–Trinajstić information content (AvgIpc) is 3.20. The van der Waals surface area contributed by atoms with Gasteiger partial charge in [0.05, 0.1) is 0 Å². The van der Waals surface area contributed by atoms with Crippen molar-refractivity contribution < 1.29 is 9.59 Å². The number of benzene rings is 2. The number of anilines is 2. The van der Waals surface area contributed by atoms with Gasteiger partial charge in [-0.25, -0.2) is 9.78 Å². The maximum absolute atomic E-state index is 12.7. The van der Waals surface area contributed by atoms with Gasteiger partial charge in [-0.15, -0.1) is 0 Å². The molecule has 2 amide bonds. The maximum Gasteiger partial charge on any atom is 0.321 e. The topological polar surface area (TPSA) is 94.2 Å². The highest BCUT2D eigenvalue weighted by molar-refractivity contribution is 5.94. The highest BCUT2D eigenvalue weighted by Crippen LogP contribution is 2.21. The number of piperazine rings is 1. The Hall–Kier alpha value is -3.68. The molecule has 2 N–H and O–H groups in total. The minimum atomic E-state index is -0.120. The highest BCUT2D eigenvalue weighted by atomic mass is 16.2. The summed E-state index contributed by atoms with van der Waals surface area (Å²) < 4.78 is 0. The van der Waals surface area contributed by atoms with E-state index in [1.54, 1.807) is 6.92 Å². The number of aromatic nitrogens is 3. The van der Waals surface area contributed by atoms with Gasteiger partial charge in [-0.2, -0.15) is 5.10 Å². The van der Waals surface area contributed by atoms with Crippen LogP contribution in [0, 0.1) is 6.92 Å². The molecule has 1 saturated heterocycles. The van der Waals surface area contributed by atoms with Crippen LogP contribution in [0.5, 0.6) is 0 Å². The van der Waals surface area contributed by atoms with Crippen LogP contribution in [-0.2, 0) is 0 Å². The zero-order valence-electron chi connectivity index (χ0n) is 17.1. The van der Waals surface area contributed by atoms with Gasteiger partial charge in [-0.3, -0.25) is 9.89 Å². The number of H-pyrrole nitrogens is 1. The Bertz CT molecular complexity index is 1050. The van der Waals surface area contributed by atoms with Crippen LogP contribution in [0.25, 0.3) is 11.4 Å². The molecule has 8 nitrogen and oxygen atoms in total. The minimum Gasteiger partial charge on any atom is -0.368 e. The van der Waals surface area contributed by atoms with E-state index >= 15 is 0 Å². The summed E-state index contributed by atoms with van der Waals surface area (Å²) in [6.45, 7) is 6.14. The number of amides is 2. The van der Waals surface area contributed by atoms with Gasteiger partial charge in [-0.05, 0) is 50.2 Å². The van der Waals surface area contributed by atoms with Gasteiger partial charge in [0.15, 0.2) is 11.6 Å². The lowest BCUT2D eigenvalue weighted by atomic mass is 10.1. The summed E-state index contributed by atoms with van der Waals surface area (Å²) in [5.74, 6) is 1.41. The number of aromatic amines is 1. The first kappa shape index (κ1) is 19.6. The van der Waals surface area contributed by atoms with E-state index in [1.807, 2.05) is 60.4 Å². The normalized spacial score (nSPS) is 13.9. The molecule has 0 spiro atoms. The molecule has 3 aromatic rings. The summed E-state index contributed by atoms with van der Waals surface area (Å²) in [7, 11) is 0. The molecule has 30 heavy (non-hydrogen) atoms. The van der Waals surface area contributed by atoms with E-state index in [1.165, 1.54) is 0 Å². The number of ketones is 1. The lowest BCUT2D eigenvalue weighted by Crippen LogP contribution is -2.50. The third kappa shape index (κ3) is 4.32. The number of urea groups is 1. The first-order valence-corrected chi connectivity index (χ1v) is 9.91. The van der Waals surface area contributed by atoms with Crippen molar-refractivity contribution in [3.8, 4) is 11.4 Å². The summed E-state index contributed by atoms with van der Waals surface area (Å²) in [5, 5.41) is 9.96. The van der Waals surface area contributed by atoms with Crippen molar-refractivity contribution in [2.24, 2.45) is 0 Å². The van der Waals surface area contributed by atoms with E-state index in [-0.39, 0.29) is 11.8 Å². The smallest absolute Gasteiger partial charge is 0.321 e. The Balaban J connectivity index is 1.35. The molecular weight excluding hydrogens is 380 g/mol. The van der Waals surface area contributed by atoms with Gasteiger partial charge in [0.1, 0.15) is 5.82 Å². The van der Waals surface area contributed by atoms with Gasteiger partial charge < -0.3 is 15.1 Å². The molecular formula is C22H24N6O2. The van der Waals surface area contributed by atoms with Crippen molar-refractivity contribution in [3.63, 3.8) is 0 Å². The fourth-order valence-electron chi connectivity index (χ4n) is 3.49. The Morgan fingerprint density at radius 3 is 2.40 bits per heavy atom. The number of rotatable bonds is 4. The Labute approximate surface area is 174 Å². The van der Waals surface area contributed by atoms with E-state index in [0.717, 1.165) is 30.2 Å². The van der Waals surface area contributed by atoms with Crippen LogP contribution in [0.15, 0.2) is 48.5 Å². The van der Waals surface area contributed by atoms with Gasteiger partial charge in [0, 0.05) is 48.7 Å². The van der Waals surface area contributed by atoms with E-state index in [0.29, 0.717) is 30.2 Å². The summed E-state index contributed by atoms with van der Waals surface area (Å²) in [4.78, 5) is 32.5. The molecule has 0 saturated carbocycles. The van der Waals surface area contributed by atoms with Crippen LogP contribution >= 0.6 is 0 Å². The second-order valence-corrected chi connectivity index (χ2v) is 7.33. The largest absolute Gasteiger partial charge is 0.368 e. The number of aryl methyl sites for hydroxylation is 1. The van der Waals surface area contributed by atoms with Gasteiger partial charge >= 0.3 is 6.03 Å². The third-order valence-electron chi connectivity index (χ3n) is 5.18. The molecule has 1 fully saturated rings. The molecule has 2 aromatic carbocycles. The maximum atomic E-state index is 12.7. The zero-order chi connectivity index (χ0) is 21.1. The number of carbonyl (C=O) groups excluding carboxylic acids is 2. The number of nitrogens with zero attached hydrogens (tertiary/aromatic N) is 4. The average molecular weight is 404 g/mol. The molecule has 0 aliphatic carbocycles. The highest BCUT2D eigenvalue weighted by Gasteiger charge is 2.21. The van der Waals surface area contributed by atoms with Gasteiger partial charge in [0.2, 0.25) is 0 Å². The molecule has 4 rings (SSSR count). The van der Waals surface area contributed by atoms with Crippen LogP contribution in [0.2, 0.25) is 0 Å². The second kappa shape index (κ2) is 8.36. The van der Waals surface area contributed by atoms with Crippen LogP contribution < -0.4 is 10.2 Å². The van der Waals surface area contributed by atoms with Crippen molar-refractivity contribution in [3.05, 3.63) is 59.9 Å². The monoisotopic (exact) mass is 404 g/mol. The minimum absolute atomic E-state index is 0.0605. The van der Waals surface area contributed by atoms with Crippen molar-refractivity contribution in [1.82, 2.24) is 20.1 Å². The third-order valence-corrected chi connectivity index (χ3v) is 5.18. The van der Waals surface area contributed by atoms with E-state index in [9.17, 15) is 9.59 Å². The van der Waals surface area contributed by atoms with Crippen LogP contribution in [0.1, 0.15) is 23.1 Å². The molecule has 0 atom stereocenters. The number of hydrogen-bond acceptors (Lipinski definition) is 5. The Morgan fingerprint density at radius 2 is 1.77 bits per heavy atom. The zero-order valence-corrected chi connectivity index (χ0v) is 17.1. The molecule has 2 heterocycles. The van der Waals surface area contributed by atoms with E-state index in [4.69, 9.17) is 0 Å². The molecule has 1 aliphatic rings. The van der Waals surface area contributed by atoms with Gasteiger partial charge in [0.25, 0.3) is 0 Å². The fourth-order valence-corrected chi connectivity index (χ4v) is 3.49. The van der Waals surface area contributed by atoms with Crippen molar-refractivity contribution in [2.75, 3.05) is 36.4 Å². The summed E-state index contributed by atoms with van der Waals surface area (Å²) in [5.41, 5.74) is 3.33. The summed E-state index contributed by atoms with van der Waals surface area (Å²) >= 11 is 0. The summed E-state index contributed by atoms with van der Waals surface area (Å²) in [6, 6.07) is 15.0. The lowest BCUT2D eigenvalue weighted by Gasteiger charge is -2.36. The van der Waals surface area contributed by atoms with Crippen LogP contribution in [-0.4, -0.2) is 58.1 Å². The second-order valence-electron chi connectivity index (χ2n) is 7.33. The molecule has 0 radical (unpaired) electrons. The number of nitrogens with one attached hydrogen (secondary N) is 2. The quantitative estimate of drug-likeness (QED) is 0.651. The summed E-state index contributed by atoms with van der Waals surface area (Å²) in [6.07, 6.45) is 0. The first-order chi connectivity index (χ1) is 14.5. The van der Waals surface area contributed by atoms with Crippen molar-refractivity contribution in [2.45, 2.75) is 13.8 Å². The predicted octanol–water partition coefficient (Wildman–Crippen LogP) is 3.34. The molecule has 0 bridgehead atoms. The molecule has 0 unspecified atom stereocenters.